The Morgan fingerprint density at radius 2 is 1.62 bits per heavy atom. The molecule has 1 aliphatic heterocycles. The van der Waals surface area contributed by atoms with Gasteiger partial charge in [0.2, 0.25) is 11.8 Å². The third-order valence-electron chi connectivity index (χ3n) is 5.86. The Hall–Kier alpha value is -3.20. The van der Waals surface area contributed by atoms with Crippen molar-refractivity contribution in [2.75, 3.05) is 38.0 Å². The Bertz CT molecular complexity index is 1060. The molecule has 1 heterocycles. The number of nitrogens with zero attached hydrogens (tertiary/aromatic N) is 2. The molecular formula is C25H28F3N3O3. The topological polar surface area (TPSA) is 69.7 Å². The van der Waals surface area contributed by atoms with Crippen LogP contribution >= 0.6 is 0 Å². The molecule has 0 aromatic heterocycles. The molecule has 0 bridgehead atoms. The van der Waals surface area contributed by atoms with Crippen LogP contribution in [0.25, 0.3) is 0 Å². The zero-order valence-corrected chi connectivity index (χ0v) is 19.2. The van der Waals surface area contributed by atoms with Crippen molar-refractivity contribution in [1.29, 1.82) is 0 Å². The van der Waals surface area contributed by atoms with Gasteiger partial charge in [0.25, 0.3) is 0 Å². The number of para-hydroxylation sites is 1. The smallest absolute Gasteiger partial charge is 0.340 e. The van der Waals surface area contributed by atoms with Crippen molar-refractivity contribution < 1.29 is 27.6 Å². The predicted octanol–water partition coefficient (Wildman–Crippen LogP) is 4.07. The Balaban J connectivity index is 1.45. The first kappa shape index (κ1) is 25.4. The fourth-order valence-corrected chi connectivity index (χ4v) is 3.94. The minimum absolute atomic E-state index is 0.0657. The molecule has 9 heteroatoms. The standard InChI is InChI=1S/C25H28F3N3O3/c1-17-7-8-18(2)19(15-17)22(32)9-10-24(34)31-13-11-30(12-14-31)16-23(33)29-21-6-4-3-5-20(21)25(26,27)28/h3-8,15H,9-14,16H2,1-2H3,(H,29,33). The number of aryl methyl sites for hydroxylation is 2. The summed E-state index contributed by atoms with van der Waals surface area (Å²) in [6.45, 7) is 5.34. The van der Waals surface area contributed by atoms with Crippen LogP contribution in [0.5, 0.6) is 0 Å². The highest BCUT2D eigenvalue weighted by Crippen LogP contribution is 2.34. The van der Waals surface area contributed by atoms with Crippen molar-refractivity contribution >= 4 is 23.3 Å². The zero-order chi connectivity index (χ0) is 24.9. The van der Waals surface area contributed by atoms with Crippen molar-refractivity contribution in [3.8, 4) is 0 Å². The van der Waals surface area contributed by atoms with Gasteiger partial charge >= 0.3 is 6.18 Å². The average Bonchev–Trinajstić information content (AvgIpc) is 2.79. The molecule has 1 fully saturated rings. The Morgan fingerprint density at radius 3 is 2.29 bits per heavy atom. The van der Waals surface area contributed by atoms with Gasteiger partial charge in [0.05, 0.1) is 17.8 Å². The Labute approximate surface area is 196 Å². The molecule has 2 aromatic carbocycles. The van der Waals surface area contributed by atoms with Crippen LogP contribution in [-0.2, 0) is 15.8 Å². The molecule has 0 unspecified atom stereocenters. The van der Waals surface area contributed by atoms with Crippen molar-refractivity contribution in [2.24, 2.45) is 0 Å². The van der Waals surface area contributed by atoms with E-state index in [1.165, 1.54) is 18.2 Å². The molecule has 0 aliphatic carbocycles. The van der Waals surface area contributed by atoms with Gasteiger partial charge in [-0.25, -0.2) is 0 Å². The lowest BCUT2D eigenvalue weighted by Crippen LogP contribution is -2.50. The van der Waals surface area contributed by atoms with Crippen molar-refractivity contribution in [3.05, 3.63) is 64.7 Å². The van der Waals surface area contributed by atoms with E-state index in [4.69, 9.17) is 0 Å². The third kappa shape index (κ3) is 6.66. The largest absolute Gasteiger partial charge is 0.418 e. The van der Waals surface area contributed by atoms with Gasteiger partial charge in [-0.05, 0) is 37.6 Å². The van der Waals surface area contributed by atoms with Gasteiger partial charge in [0.1, 0.15) is 0 Å². The molecule has 0 spiro atoms. The molecule has 182 valence electrons. The number of rotatable bonds is 7. The zero-order valence-electron chi connectivity index (χ0n) is 19.2. The van der Waals surface area contributed by atoms with Gasteiger partial charge in [-0.2, -0.15) is 13.2 Å². The number of nitrogens with one attached hydrogen (secondary N) is 1. The van der Waals surface area contributed by atoms with E-state index >= 15 is 0 Å². The number of ketones is 1. The summed E-state index contributed by atoms with van der Waals surface area (Å²) >= 11 is 0. The second-order valence-corrected chi connectivity index (χ2v) is 8.49. The van der Waals surface area contributed by atoms with Crippen LogP contribution in [0.1, 0.15) is 39.9 Å². The molecule has 6 nitrogen and oxygen atoms in total. The summed E-state index contributed by atoms with van der Waals surface area (Å²) in [6.07, 6.45) is -4.32. The number of halogens is 3. The maximum absolute atomic E-state index is 13.1. The van der Waals surface area contributed by atoms with E-state index < -0.39 is 17.6 Å². The minimum Gasteiger partial charge on any atom is -0.340 e. The summed E-state index contributed by atoms with van der Waals surface area (Å²) in [5.74, 6) is -0.735. The Kier molecular flexibility index (Phi) is 8.09. The normalized spacial score (nSPS) is 14.7. The Morgan fingerprint density at radius 1 is 0.941 bits per heavy atom. The van der Waals surface area contributed by atoms with Gasteiger partial charge in [-0.15, -0.1) is 0 Å². The molecule has 2 aromatic rings. The highest BCUT2D eigenvalue weighted by molar-refractivity contribution is 5.99. The molecule has 3 rings (SSSR count). The predicted molar refractivity (Wildman–Crippen MR) is 123 cm³/mol. The maximum Gasteiger partial charge on any atom is 0.418 e. The molecule has 0 saturated carbocycles. The summed E-state index contributed by atoms with van der Waals surface area (Å²) in [7, 11) is 0. The number of anilines is 1. The lowest BCUT2D eigenvalue weighted by atomic mass is 9.99. The summed E-state index contributed by atoms with van der Waals surface area (Å²) < 4.78 is 39.3. The summed E-state index contributed by atoms with van der Waals surface area (Å²) in [5.41, 5.74) is 1.34. The molecule has 1 aliphatic rings. The third-order valence-corrected chi connectivity index (χ3v) is 5.86. The number of hydrogen-bond acceptors (Lipinski definition) is 4. The highest BCUT2D eigenvalue weighted by Gasteiger charge is 2.33. The van der Waals surface area contributed by atoms with Gasteiger partial charge in [-0.3, -0.25) is 19.3 Å². The van der Waals surface area contributed by atoms with E-state index in [0.717, 1.165) is 17.2 Å². The molecule has 0 atom stereocenters. The first-order valence-electron chi connectivity index (χ1n) is 11.1. The summed E-state index contributed by atoms with van der Waals surface area (Å²) in [5, 5.41) is 2.34. The number of hydrogen-bond donors (Lipinski definition) is 1. The van der Waals surface area contributed by atoms with Gasteiger partial charge in [0.15, 0.2) is 5.78 Å². The van der Waals surface area contributed by atoms with Crippen molar-refractivity contribution in [2.45, 2.75) is 32.9 Å². The van der Waals surface area contributed by atoms with Crippen molar-refractivity contribution in [3.63, 3.8) is 0 Å². The number of alkyl halides is 3. The molecule has 1 saturated heterocycles. The number of Topliss-reactive ketones (excluding diaryl/α,β-unsaturated/α-hetero) is 1. The average molecular weight is 476 g/mol. The number of carbonyl (C=O) groups excluding carboxylic acids is 3. The second-order valence-electron chi connectivity index (χ2n) is 8.49. The first-order valence-corrected chi connectivity index (χ1v) is 11.1. The van der Waals surface area contributed by atoms with Crippen LogP contribution in [-0.4, -0.2) is 60.1 Å². The summed E-state index contributed by atoms with van der Waals surface area (Å²) in [4.78, 5) is 40.8. The summed E-state index contributed by atoms with van der Waals surface area (Å²) in [6, 6.07) is 10.5. The second kappa shape index (κ2) is 10.8. The molecular weight excluding hydrogens is 447 g/mol. The lowest BCUT2D eigenvalue weighted by Gasteiger charge is -2.34. The number of piperazine rings is 1. The van der Waals surface area contributed by atoms with Crippen LogP contribution in [0, 0.1) is 13.8 Å². The van der Waals surface area contributed by atoms with Gasteiger partial charge in [0, 0.05) is 44.6 Å². The van der Waals surface area contributed by atoms with Crippen LogP contribution in [0.3, 0.4) is 0 Å². The van der Waals surface area contributed by atoms with E-state index in [1.807, 2.05) is 32.0 Å². The fraction of sp³-hybridized carbons (Fsp3) is 0.400. The van der Waals surface area contributed by atoms with Crippen molar-refractivity contribution in [1.82, 2.24) is 9.80 Å². The van der Waals surface area contributed by atoms with Gasteiger partial charge in [-0.1, -0.05) is 29.8 Å². The van der Waals surface area contributed by atoms with E-state index in [1.54, 1.807) is 9.80 Å². The number of carbonyl (C=O) groups is 3. The van der Waals surface area contributed by atoms with Crippen LogP contribution in [0.2, 0.25) is 0 Å². The van der Waals surface area contributed by atoms with E-state index in [0.29, 0.717) is 31.7 Å². The van der Waals surface area contributed by atoms with Crippen LogP contribution in [0.4, 0.5) is 18.9 Å². The van der Waals surface area contributed by atoms with Crippen LogP contribution < -0.4 is 5.32 Å². The molecule has 34 heavy (non-hydrogen) atoms. The van der Waals surface area contributed by atoms with E-state index in [9.17, 15) is 27.6 Å². The molecule has 2 amide bonds. The fourth-order valence-electron chi connectivity index (χ4n) is 3.94. The van der Waals surface area contributed by atoms with E-state index in [2.05, 4.69) is 5.32 Å². The molecule has 1 N–H and O–H groups in total. The number of benzene rings is 2. The van der Waals surface area contributed by atoms with Crippen LogP contribution in [0.15, 0.2) is 42.5 Å². The maximum atomic E-state index is 13.1. The monoisotopic (exact) mass is 475 g/mol. The quantitative estimate of drug-likeness (QED) is 0.613. The highest BCUT2D eigenvalue weighted by atomic mass is 19.4. The SMILES string of the molecule is Cc1ccc(C)c(C(=O)CCC(=O)N2CCN(CC(=O)Nc3ccccc3C(F)(F)F)CC2)c1. The van der Waals surface area contributed by atoms with Gasteiger partial charge < -0.3 is 10.2 Å². The van der Waals surface area contributed by atoms with E-state index in [-0.39, 0.29) is 36.8 Å². The molecule has 0 radical (unpaired) electrons. The first-order chi connectivity index (χ1) is 16.0. The lowest BCUT2D eigenvalue weighted by molar-refractivity contribution is -0.137. The number of amides is 2. The minimum atomic E-state index is -4.56.